The molecule has 0 bridgehead atoms. The molecule has 0 fully saturated rings. The monoisotopic (exact) mass is 1050 g/mol. The largest absolute Gasteiger partial charge is 0.472 e. The van der Waals surface area contributed by atoms with E-state index in [0.717, 1.165) is 51.4 Å². The Hall–Kier alpha value is -1.77. The van der Waals surface area contributed by atoms with Crippen LogP contribution in [0, 0.1) is 0 Å². The second kappa shape index (κ2) is 59.5. The van der Waals surface area contributed by atoms with Crippen LogP contribution in [0.3, 0.4) is 0 Å². The quantitative estimate of drug-likeness (QED) is 0.0264. The van der Waals surface area contributed by atoms with Crippen molar-refractivity contribution in [2.45, 2.75) is 328 Å². The molecular formula is C63H120NO8P. The summed E-state index contributed by atoms with van der Waals surface area (Å²) >= 11 is 0. The zero-order valence-corrected chi connectivity index (χ0v) is 49.0. The van der Waals surface area contributed by atoms with Gasteiger partial charge in [-0.3, -0.25) is 18.6 Å². The number of phosphoric ester groups is 1. The van der Waals surface area contributed by atoms with E-state index >= 15 is 0 Å². The van der Waals surface area contributed by atoms with Gasteiger partial charge in [0.1, 0.15) is 6.61 Å². The van der Waals surface area contributed by atoms with Crippen molar-refractivity contribution >= 4 is 19.8 Å². The van der Waals surface area contributed by atoms with Crippen molar-refractivity contribution in [3.63, 3.8) is 0 Å². The van der Waals surface area contributed by atoms with Crippen molar-refractivity contribution < 1.29 is 37.6 Å². The molecule has 0 saturated heterocycles. The Kier molecular flexibility index (Phi) is 58.0. The number of esters is 2. The number of allylic oxidation sites excluding steroid dienone is 6. The highest BCUT2D eigenvalue weighted by molar-refractivity contribution is 7.47. The number of carbonyl (C=O) groups is 2. The molecule has 2 atom stereocenters. The van der Waals surface area contributed by atoms with Crippen LogP contribution in [-0.2, 0) is 32.7 Å². The number of carbonyl (C=O) groups excluding carboxylic acids is 2. The predicted molar refractivity (Wildman–Crippen MR) is 312 cm³/mol. The minimum absolute atomic E-state index is 0.0540. The lowest BCUT2D eigenvalue weighted by atomic mass is 10.0. The van der Waals surface area contributed by atoms with Gasteiger partial charge in [0, 0.05) is 19.4 Å². The molecule has 0 spiro atoms. The second-order valence-electron chi connectivity index (χ2n) is 21.3. The SMILES string of the molecule is CCCCCCC/C=C\C/C=C\C/C=C\CCCCCCCCCCCCC(=O)OC(COC(=O)CCCCCCCCCCCCCCCCCCCCCCCCCCCCC)COP(=O)(O)OCCN. The molecule has 0 saturated carbocycles. The third kappa shape index (κ3) is 59.3. The molecule has 10 heteroatoms. The van der Waals surface area contributed by atoms with Crippen LogP contribution in [0.2, 0.25) is 0 Å². The summed E-state index contributed by atoms with van der Waals surface area (Å²) in [6.45, 7) is 3.79. The minimum Gasteiger partial charge on any atom is -0.462 e. The molecule has 0 aliphatic carbocycles. The molecule has 73 heavy (non-hydrogen) atoms. The van der Waals surface area contributed by atoms with Crippen molar-refractivity contribution in [1.29, 1.82) is 0 Å². The van der Waals surface area contributed by atoms with Gasteiger partial charge in [-0.05, 0) is 51.4 Å². The summed E-state index contributed by atoms with van der Waals surface area (Å²) in [5, 5.41) is 0. The fraction of sp³-hybridized carbons (Fsp3) is 0.873. The Morgan fingerprint density at radius 1 is 0.411 bits per heavy atom. The summed E-state index contributed by atoms with van der Waals surface area (Å²) in [6.07, 6.45) is 72.1. The average Bonchev–Trinajstić information content (AvgIpc) is 3.38. The zero-order valence-electron chi connectivity index (χ0n) is 48.1. The first-order valence-corrected chi connectivity index (χ1v) is 33.0. The van der Waals surface area contributed by atoms with Crippen molar-refractivity contribution in [1.82, 2.24) is 0 Å². The highest BCUT2D eigenvalue weighted by Gasteiger charge is 2.26. The molecule has 0 aromatic carbocycles. The fourth-order valence-corrected chi connectivity index (χ4v) is 10.1. The molecule has 430 valence electrons. The van der Waals surface area contributed by atoms with Gasteiger partial charge < -0.3 is 20.1 Å². The van der Waals surface area contributed by atoms with E-state index in [1.165, 1.54) is 238 Å². The molecule has 3 N–H and O–H groups in total. The fourth-order valence-electron chi connectivity index (χ4n) is 9.35. The number of nitrogens with two attached hydrogens (primary N) is 1. The molecule has 0 heterocycles. The molecule has 0 radical (unpaired) electrons. The molecule has 0 aliphatic rings. The first-order valence-electron chi connectivity index (χ1n) is 31.5. The summed E-state index contributed by atoms with van der Waals surface area (Å²) in [6, 6.07) is 0. The molecule has 0 aromatic heterocycles. The van der Waals surface area contributed by atoms with Crippen LogP contribution in [0.4, 0.5) is 0 Å². The van der Waals surface area contributed by atoms with Gasteiger partial charge in [-0.25, -0.2) is 4.57 Å². The third-order valence-corrected chi connectivity index (χ3v) is 15.0. The third-order valence-electron chi connectivity index (χ3n) is 14.0. The zero-order chi connectivity index (χ0) is 53.1. The lowest BCUT2D eigenvalue weighted by molar-refractivity contribution is -0.161. The van der Waals surface area contributed by atoms with Crippen LogP contribution < -0.4 is 5.73 Å². The van der Waals surface area contributed by atoms with Gasteiger partial charge in [0.15, 0.2) is 6.10 Å². The van der Waals surface area contributed by atoms with E-state index < -0.39 is 26.5 Å². The molecule has 0 aromatic rings. The van der Waals surface area contributed by atoms with Crippen LogP contribution in [0.25, 0.3) is 0 Å². The Balaban J connectivity index is 3.91. The van der Waals surface area contributed by atoms with Crippen molar-refractivity contribution in [2.75, 3.05) is 26.4 Å². The summed E-state index contributed by atoms with van der Waals surface area (Å²) in [5.74, 6) is -0.815. The second-order valence-corrected chi connectivity index (χ2v) is 22.7. The van der Waals surface area contributed by atoms with Crippen molar-refractivity contribution in [3.8, 4) is 0 Å². The standard InChI is InChI=1S/C63H120NO8P/c1-3-5-7-9-11-13-15-17-19-21-23-25-27-29-30-32-33-35-37-39-41-43-45-47-49-51-53-55-62(65)69-59-61(60-71-73(67,68)70-58-57-64)72-63(66)56-54-52-50-48-46-44-42-40-38-36-34-31-28-26-24-22-20-18-16-14-12-10-8-6-4-2/h16,18,22,24,28,31,61H,3-15,17,19-21,23,25-27,29-30,32-60,64H2,1-2H3,(H,67,68)/b18-16-,24-22-,31-28-. The number of rotatable bonds is 60. The van der Waals surface area contributed by atoms with Gasteiger partial charge in [0.2, 0.25) is 0 Å². The Morgan fingerprint density at radius 3 is 1.05 bits per heavy atom. The summed E-state index contributed by atoms with van der Waals surface area (Å²) in [4.78, 5) is 35.3. The Bertz CT molecular complexity index is 1290. The van der Waals surface area contributed by atoms with Gasteiger partial charge in [-0.2, -0.15) is 0 Å². The van der Waals surface area contributed by atoms with Gasteiger partial charge in [0.25, 0.3) is 0 Å². The van der Waals surface area contributed by atoms with Gasteiger partial charge in [-0.1, -0.05) is 294 Å². The van der Waals surface area contributed by atoms with Crippen molar-refractivity contribution in [2.24, 2.45) is 5.73 Å². The maximum absolute atomic E-state index is 12.7. The minimum atomic E-state index is -4.39. The lowest BCUT2D eigenvalue weighted by Gasteiger charge is -2.19. The maximum Gasteiger partial charge on any atom is 0.472 e. The van der Waals surface area contributed by atoms with Gasteiger partial charge in [-0.15, -0.1) is 0 Å². The molecule has 9 nitrogen and oxygen atoms in total. The van der Waals surface area contributed by atoms with E-state index in [9.17, 15) is 19.0 Å². The highest BCUT2D eigenvalue weighted by atomic mass is 31.2. The summed E-state index contributed by atoms with van der Waals surface area (Å²) < 4.78 is 33.1. The first kappa shape index (κ1) is 71.2. The smallest absolute Gasteiger partial charge is 0.462 e. The van der Waals surface area contributed by atoms with Gasteiger partial charge in [0.05, 0.1) is 13.2 Å². The topological polar surface area (TPSA) is 134 Å². The van der Waals surface area contributed by atoms with Crippen LogP contribution in [0.1, 0.15) is 322 Å². The summed E-state index contributed by atoms with van der Waals surface area (Å²) in [7, 11) is -4.39. The number of unbranched alkanes of at least 4 members (excludes halogenated alkanes) is 41. The van der Waals surface area contributed by atoms with E-state index in [1.54, 1.807) is 0 Å². The van der Waals surface area contributed by atoms with E-state index in [2.05, 4.69) is 50.3 Å². The highest BCUT2D eigenvalue weighted by Crippen LogP contribution is 2.43. The normalized spacial score (nSPS) is 13.2. The van der Waals surface area contributed by atoms with E-state index in [4.69, 9.17) is 24.3 Å². The van der Waals surface area contributed by atoms with Crippen LogP contribution >= 0.6 is 7.82 Å². The molecule has 0 amide bonds. The number of hydrogen-bond acceptors (Lipinski definition) is 8. The maximum atomic E-state index is 12.7. The van der Waals surface area contributed by atoms with Crippen LogP contribution in [-0.4, -0.2) is 49.3 Å². The lowest BCUT2D eigenvalue weighted by Crippen LogP contribution is -2.29. The van der Waals surface area contributed by atoms with Crippen LogP contribution in [0.5, 0.6) is 0 Å². The van der Waals surface area contributed by atoms with E-state index in [-0.39, 0.29) is 38.6 Å². The molecule has 2 unspecified atom stereocenters. The van der Waals surface area contributed by atoms with Crippen molar-refractivity contribution in [3.05, 3.63) is 36.5 Å². The van der Waals surface area contributed by atoms with Crippen LogP contribution in [0.15, 0.2) is 36.5 Å². The summed E-state index contributed by atoms with van der Waals surface area (Å²) in [5.41, 5.74) is 5.39. The predicted octanol–water partition coefficient (Wildman–Crippen LogP) is 20.0. The first-order chi connectivity index (χ1) is 35.8. The van der Waals surface area contributed by atoms with E-state index in [0.29, 0.717) is 6.42 Å². The van der Waals surface area contributed by atoms with Gasteiger partial charge >= 0.3 is 19.8 Å². The number of phosphoric acid groups is 1. The Labute approximate surface area is 452 Å². The van der Waals surface area contributed by atoms with E-state index in [1.807, 2.05) is 0 Å². The number of hydrogen-bond donors (Lipinski definition) is 2. The average molecular weight is 1050 g/mol. The molecule has 0 aliphatic heterocycles. The Morgan fingerprint density at radius 2 is 0.712 bits per heavy atom. The number of ether oxygens (including phenoxy) is 2. The molecule has 0 rings (SSSR count). The molecular weight excluding hydrogens is 930 g/mol.